The second kappa shape index (κ2) is 9.28. The monoisotopic (exact) mass is 296 g/mol. The highest BCUT2D eigenvalue weighted by molar-refractivity contribution is 7.09. The Balaban J connectivity index is 2.37. The van der Waals surface area contributed by atoms with Crippen molar-refractivity contribution in [1.82, 2.24) is 10.2 Å². The van der Waals surface area contributed by atoms with Crippen molar-refractivity contribution in [3.8, 4) is 0 Å². The molecular formula is C14H20N2O3S. The first kappa shape index (κ1) is 16.4. The molecule has 0 atom stereocenters. The van der Waals surface area contributed by atoms with Crippen LogP contribution < -0.4 is 5.32 Å². The third-order valence-corrected chi connectivity index (χ3v) is 3.33. The van der Waals surface area contributed by atoms with Crippen molar-refractivity contribution in [2.45, 2.75) is 13.5 Å². The lowest BCUT2D eigenvalue weighted by Crippen LogP contribution is -2.40. The number of nitrogens with zero attached hydrogens (tertiary/aromatic N) is 1. The van der Waals surface area contributed by atoms with Crippen LogP contribution in [0.25, 0.3) is 0 Å². The lowest BCUT2D eigenvalue weighted by atomic mass is 10.4. The SMILES string of the molecule is C=CCN(CC(=O)NCc1cccs1)CC(=O)OCC. The van der Waals surface area contributed by atoms with Crippen LogP contribution in [0.2, 0.25) is 0 Å². The van der Waals surface area contributed by atoms with E-state index < -0.39 is 0 Å². The van der Waals surface area contributed by atoms with Crippen LogP contribution in [0, 0.1) is 0 Å². The van der Waals surface area contributed by atoms with Crippen molar-refractivity contribution in [1.29, 1.82) is 0 Å². The molecule has 1 N–H and O–H groups in total. The Kier molecular flexibility index (Phi) is 7.60. The highest BCUT2D eigenvalue weighted by Gasteiger charge is 2.14. The molecule has 0 fully saturated rings. The molecule has 1 aromatic heterocycles. The van der Waals surface area contributed by atoms with E-state index in [2.05, 4.69) is 11.9 Å². The third kappa shape index (κ3) is 6.49. The van der Waals surface area contributed by atoms with Crippen LogP contribution in [-0.4, -0.2) is 43.0 Å². The highest BCUT2D eigenvalue weighted by atomic mass is 32.1. The summed E-state index contributed by atoms with van der Waals surface area (Å²) in [5, 5.41) is 4.79. The maximum absolute atomic E-state index is 11.8. The summed E-state index contributed by atoms with van der Waals surface area (Å²) in [4.78, 5) is 26.0. The molecule has 0 spiro atoms. The van der Waals surface area contributed by atoms with Gasteiger partial charge in [-0.05, 0) is 18.4 Å². The van der Waals surface area contributed by atoms with E-state index in [0.29, 0.717) is 19.7 Å². The minimum Gasteiger partial charge on any atom is -0.465 e. The second-order valence-corrected chi connectivity index (χ2v) is 5.15. The zero-order valence-corrected chi connectivity index (χ0v) is 12.4. The van der Waals surface area contributed by atoms with Crippen LogP contribution in [-0.2, 0) is 20.9 Å². The normalized spacial score (nSPS) is 10.3. The van der Waals surface area contributed by atoms with E-state index >= 15 is 0 Å². The Hall–Kier alpha value is -1.66. The fourth-order valence-electron chi connectivity index (χ4n) is 1.61. The van der Waals surface area contributed by atoms with Gasteiger partial charge in [0.15, 0.2) is 0 Å². The molecular weight excluding hydrogens is 276 g/mol. The number of nitrogens with one attached hydrogen (secondary N) is 1. The van der Waals surface area contributed by atoms with Crippen molar-refractivity contribution in [3.63, 3.8) is 0 Å². The van der Waals surface area contributed by atoms with E-state index in [1.807, 2.05) is 17.5 Å². The molecule has 0 aliphatic heterocycles. The van der Waals surface area contributed by atoms with Gasteiger partial charge in [-0.2, -0.15) is 0 Å². The number of carbonyl (C=O) groups is 2. The van der Waals surface area contributed by atoms with Crippen LogP contribution >= 0.6 is 11.3 Å². The minimum absolute atomic E-state index is 0.0896. The van der Waals surface area contributed by atoms with Gasteiger partial charge in [0.05, 0.1) is 26.2 Å². The number of thiophene rings is 1. The number of rotatable bonds is 9. The van der Waals surface area contributed by atoms with Gasteiger partial charge >= 0.3 is 5.97 Å². The van der Waals surface area contributed by atoms with Gasteiger partial charge in [-0.1, -0.05) is 12.1 Å². The van der Waals surface area contributed by atoms with Gasteiger partial charge in [0.25, 0.3) is 0 Å². The summed E-state index contributed by atoms with van der Waals surface area (Å²) in [6, 6.07) is 3.90. The molecule has 0 aliphatic rings. The summed E-state index contributed by atoms with van der Waals surface area (Å²) < 4.78 is 4.87. The maximum atomic E-state index is 11.8. The molecule has 1 aromatic rings. The number of carbonyl (C=O) groups excluding carboxylic acids is 2. The second-order valence-electron chi connectivity index (χ2n) is 4.12. The molecule has 1 amide bonds. The first-order valence-corrected chi connectivity index (χ1v) is 7.31. The Morgan fingerprint density at radius 3 is 2.90 bits per heavy atom. The molecule has 0 unspecified atom stereocenters. The standard InChI is InChI=1S/C14H20N2O3S/c1-3-7-16(11-14(18)19-4-2)10-13(17)15-9-12-6-5-8-20-12/h3,5-6,8H,1,4,7,9-11H2,2H3,(H,15,17). The molecule has 0 radical (unpaired) electrons. The first-order chi connectivity index (χ1) is 9.65. The van der Waals surface area contributed by atoms with Crippen LogP contribution in [0.4, 0.5) is 0 Å². The van der Waals surface area contributed by atoms with Gasteiger partial charge < -0.3 is 10.1 Å². The molecule has 0 saturated heterocycles. The van der Waals surface area contributed by atoms with Crippen molar-refractivity contribution in [2.24, 2.45) is 0 Å². The van der Waals surface area contributed by atoms with Gasteiger partial charge in [0, 0.05) is 11.4 Å². The van der Waals surface area contributed by atoms with Crippen molar-refractivity contribution >= 4 is 23.2 Å². The van der Waals surface area contributed by atoms with Gasteiger partial charge in [-0.15, -0.1) is 17.9 Å². The van der Waals surface area contributed by atoms with Gasteiger partial charge in [-0.25, -0.2) is 0 Å². The number of ether oxygens (including phenoxy) is 1. The molecule has 1 heterocycles. The average molecular weight is 296 g/mol. The van der Waals surface area contributed by atoms with E-state index in [9.17, 15) is 9.59 Å². The van der Waals surface area contributed by atoms with Crippen molar-refractivity contribution in [2.75, 3.05) is 26.2 Å². The molecule has 20 heavy (non-hydrogen) atoms. The maximum Gasteiger partial charge on any atom is 0.320 e. The zero-order valence-electron chi connectivity index (χ0n) is 11.6. The molecule has 6 heteroatoms. The van der Waals surface area contributed by atoms with E-state index in [1.54, 1.807) is 29.2 Å². The van der Waals surface area contributed by atoms with Crippen molar-refractivity contribution in [3.05, 3.63) is 35.0 Å². The summed E-state index contributed by atoms with van der Waals surface area (Å²) in [7, 11) is 0. The topological polar surface area (TPSA) is 58.6 Å². The van der Waals surface area contributed by atoms with E-state index in [-0.39, 0.29) is 25.0 Å². The summed E-state index contributed by atoms with van der Waals surface area (Å²) in [5.74, 6) is -0.454. The molecule has 5 nitrogen and oxygen atoms in total. The van der Waals surface area contributed by atoms with Crippen LogP contribution in [0.1, 0.15) is 11.8 Å². The molecule has 1 rings (SSSR count). The predicted molar refractivity (Wildman–Crippen MR) is 79.4 cm³/mol. The summed E-state index contributed by atoms with van der Waals surface area (Å²) >= 11 is 1.59. The molecule has 110 valence electrons. The summed E-state index contributed by atoms with van der Waals surface area (Å²) in [5.41, 5.74) is 0. The summed E-state index contributed by atoms with van der Waals surface area (Å²) in [6.45, 7) is 6.93. The minimum atomic E-state index is -0.333. The van der Waals surface area contributed by atoms with E-state index in [4.69, 9.17) is 4.74 Å². The summed E-state index contributed by atoms with van der Waals surface area (Å²) in [6.07, 6.45) is 1.66. The number of hydrogen-bond acceptors (Lipinski definition) is 5. The fraction of sp³-hybridized carbons (Fsp3) is 0.429. The molecule has 0 aliphatic carbocycles. The lowest BCUT2D eigenvalue weighted by molar-refractivity contribution is -0.144. The predicted octanol–water partition coefficient (Wildman–Crippen LogP) is 1.42. The van der Waals surface area contributed by atoms with Crippen LogP contribution in [0.3, 0.4) is 0 Å². The Labute approximate surface area is 123 Å². The smallest absolute Gasteiger partial charge is 0.320 e. The first-order valence-electron chi connectivity index (χ1n) is 6.43. The quantitative estimate of drug-likeness (QED) is 0.553. The number of amides is 1. The van der Waals surface area contributed by atoms with Crippen LogP contribution in [0.5, 0.6) is 0 Å². The Morgan fingerprint density at radius 1 is 1.50 bits per heavy atom. The fourth-order valence-corrected chi connectivity index (χ4v) is 2.26. The van der Waals surface area contributed by atoms with Crippen LogP contribution in [0.15, 0.2) is 30.2 Å². The Bertz CT molecular complexity index is 432. The van der Waals surface area contributed by atoms with Crippen molar-refractivity contribution < 1.29 is 14.3 Å². The van der Waals surface area contributed by atoms with E-state index in [0.717, 1.165) is 4.88 Å². The van der Waals surface area contributed by atoms with Gasteiger partial charge in [0.2, 0.25) is 5.91 Å². The number of esters is 1. The lowest BCUT2D eigenvalue weighted by Gasteiger charge is -2.18. The average Bonchev–Trinajstić information content (AvgIpc) is 2.90. The highest BCUT2D eigenvalue weighted by Crippen LogP contribution is 2.07. The van der Waals surface area contributed by atoms with Gasteiger partial charge in [-0.3, -0.25) is 14.5 Å². The Morgan fingerprint density at radius 2 is 2.30 bits per heavy atom. The zero-order chi connectivity index (χ0) is 14.8. The third-order valence-electron chi connectivity index (χ3n) is 2.45. The van der Waals surface area contributed by atoms with Gasteiger partial charge in [0.1, 0.15) is 0 Å². The number of hydrogen-bond donors (Lipinski definition) is 1. The van der Waals surface area contributed by atoms with E-state index in [1.165, 1.54) is 0 Å². The largest absolute Gasteiger partial charge is 0.465 e. The molecule has 0 saturated carbocycles. The molecule has 0 aromatic carbocycles. The molecule has 0 bridgehead atoms.